The van der Waals surface area contributed by atoms with Gasteiger partial charge in [0.1, 0.15) is 0 Å². The second kappa shape index (κ2) is 6.59. The maximum atomic E-state index is 6.46. The lowest BCUT2D eigenvalue weighted by molar-refractivity contribution is -0.104. The fourth-order valence-corrected chi connectivity index (χ4v) is 5.21. The molecule has 2 heterocycles. The Morgan fingerprint density at radius 3 is 2.68 bits per heavy atom. The SMILES string of the molecule is CC(C)(C)SCC(N)C1CCOC2(CCSCC2)C1. The monoisotopic (exact) mass is 303 g/mol. The van der Waals surface area contributed by atoms with E-state index >= 15 is 0 Å². The van der Waals surface area contributed by atoms with Crippen LogP contribution in [0.3, 0.4) is 0 Å². The molecule has 2 nitrogen and oxygen atoms in total. The Morgan fingerprint density at radius 1 is 1.37 bits per heavy atom. The highest BCUT2D eigenvalue weighted by molar-refractivity contribution is 8.00. The Labute approximate surface area is 127 Å². The molecule has 2 rings (SSSR count). The first-order valence-corrected chi connectivity index (χ1v) is 9.66. The molecule has 2 unspecified atom stereocenters. The van der Waals surface area contributed by atoms with Gasteiger partial charge in [-0.25, -0.2) is 0 Å². The Bertz CT molecular complexity index is 279. The van der Waals surface area contributed by atoms with Gasteiger partial charge in [-0.05, 0) is 43.1 Å². The van der Waals surface area contributed by atoms with Gasteiger partial charge in [-0.3, -0.25) is 0 Å². The first-order chi connectivity index (χ1) is 8.90. The van der Waals surface area contributed by atoms with Crippen LogP contribution in [0.4, 0.5) is 0 Å². The van der Waals surface area contributed by atoms with Gasteiger partial charge in [0.05, 0.1) is 5.60 Å². The Kier molecular flexibility index (Phi) is 5.55. The van der Waals surface area contributed by atoms with E-state index in [9.17, 15) is 0 Å². The summed E-state index contributed by atoms with van der Waals surface area (Å²) in [5.41, 5.74) is 6.64. The van der Waals surface area contributed by atoms with Crippen molar-refractivity contribution in [2.75, 3.05) is 23.9 Å². The molecule has 0 aromatic heterocycles. The van der Waals surface area contributed by atoms with Crippen molar-refractivity contribution in [3.63, 3.8) is 0 Å². The van der Waals surface area contributed by atoms with E-state index in [0.717, 1.165) is 18.8 Å². The first-order valence-electron chi connectivity index (χ1n) is 7.52. The molecule has 0 bridgehead atoms. The van der Waals surface area contributed by atoms with Crippen LogP contribution in [0.15, 0.2) is 0 Å². The zero-order chi connectivity index (χ0) is 13.9. The minimum absolute atomic E-state index is 0.179. The second-order valence-corrected chi connectivity index (χ2v) is 10.1. The molecule has 0 aliphatic carbocycles. The Morgan fingerprint density at radius 2 is 2.05 bits per heavy atom. The van der Waals surface area contributed by atoms with Gasteiger partial charge in [0.15, 0.2) is 0 Å². The maximum Gasteiger partial charge on any atom is 0.0701 e. The van der Waals surface area contributed by atoms with Crippen LogP contribution < -0.4 is 5.73 Å². The van der Waals surface area contributed by atoms with E-state index in [2.05, 4.69) is 32.5 Å². The summed E-state index contributed by atoms with van der Waals surface area (Å²) in [4.78, 5) is 0. The smallest absolute Gasteiger partial charge is 0.0701 e. The summed E-state index contributed by atoms with van der Waals surface area (Å²) in [5, 5.41) is 0. The molecule has 112 valence electrons. The average molecular weight is 304 g/mol. The highest BCUT2D eigenvalue weighted by atomic mass is 32.2. The number of thioether (sulfide) groups is 2. The summed E-state index contributed by atoms with van der Waals surface area (Å²) in [6, 6.07) is 0.333. The summed E-state index contributed by atoms with van der Waals surface area (Å²) in [6.45, 7) is 7.74. The first kappa shape index (κ1) is 16.0. The number of hydrogen-bond donors (Lipinski definition) is 1. The molecule has 0 aromatic rings. The van der Waals surface area contributed by atoms with Crippen molar-refractivity contribution in [2.24, 2.45) is 11.7 Å². The molecule has 2 N–H and O–H groups in total. The second-order valence-electron chi connectivity index (χ2n) is 6.98. The summed E-state index contributed by atoms with van der Waals surface area (Å²) < 4.78 is 6.48. The van der Waals surface area contributed by atoms with E-state index in [1.807, 2.05) is 11.8 Å². The predicted molar refractivity (Wildman–Crippen MR) is 88.2 cm³/mol. The van der Waals surface area contributed by atoms with Crippen LogP contribution in [0, 0.1) is 5.92 Å². The molecule has 1 spiro atoms. The van der Waals surface area contributed by atoms with Crippen molar-refractivity contribution in [2.45, 2.75) is 62.8 Å². The molecular weight excluding hydrogens is 274 g/mol. The van der Waals surface area contributed by atoms with Crippen molar-refractivity contribution in [1.82, 2.24) is 0 Å². The molecule has 2 aliphatic heterocycles. The van der Waals surface area contributed by atoms with Gasteiger partial charge in [-0.1, -0.05) is 20.8 Å². The lowest BCUT2D eigenvalue weighted by Crippen LogP contribution is -2.48. The molecular formula is C15H29NOS2. The number of ether oxygens (including phenoxy) is 1. The molecule has 2 atom stereocenters. The van der Waals surface area contributed by atoms with Crippen LogP contribution >= 0.6 is 23.5 Å². The third-order valence-electron chi connectivity index (χ3n) is 4.25. The van der Waals surface area contributed by atoms with Gasteiger partial charge in [0, 0.05) is 23.1 Å². The zero-order valence-corrected chi connectivity index (χ0v) is 14.2. The minimum Gasteiger partial charge on any atom is -0.375 e. The Balaban J connectivity index is 1.86. The number of nitrogens with two attached hydrogens (primary N) is 1. The van der Waals surface area contributed by atoms with E-state index in [4.69, 9.17) is 10.5 Å². The molecule has 0 amide bonds. The van der Waals surface area contributed by atoms with E-state index in [1.54, 1.807) is 0 Å². The van der Waals surface area contributed by atoms with Crippen molar-refractivity contribution in [3.05, 3.63) is 0 Å². The van der Waals surface area contributed by atoms with E-state index in [0.29, 0.717) is 16.7 Å². The van der Waals surface area contributed by atoms with E-state index in [-0.39, 0.29) is 5.60 Å². The van der Waals surface area contributed by atoms with Crippen molar-refractivity contribution < 1.29 is 4.74 Å². The van der Waals surface area contributed by atoms with Crippen molar-refractivity contribution in [3.8, 4) is 0 Å². The average Bonchev–Trinajstić information content (AvgIpc) is 2.36. The predicted octanol–water partition coefficient (Wildman–Crippen LogP) is 3.54. The van der Waals surface area contributed by atoms with Gasteiger partial charge in [0.25, 0.3) is 0 Å². The molecule has 2 saturated heterocycles. The molecule has 0 saturated carbocycles. The van der Waals surface area contributed by atoms with Crippen LogP contribution in [0.25, 0.3) is 0 Å². The summed E-state index contributed by atoms with van der Waals surface area (Å²) in [6.07, 6.45) is 4.81. The van der Waals surface area contributed by atoms with Gasteiger partial charge < -0.3 is 10.5 Å². The molecule has 19 heavy (non-hydrogen) atoms. The number of hydrogen-bond acceptors (Lipinski definition) is 4. The highest BCUT2D eigenvalue weighted by Gasteiger charge is 2.40. The largest absolute Gasteiger partial charge is 0.375 e. The topological polar surface area (TPSA) is 35.2 Å². The van der Waals surface area contributed by atoms with E-state index < -0.39 is 0 Å². The highest BCUT2D eigenvalue weighted by Crippen LogP contribution is 2.41. The summed E-state index contributed by atoms with van der Waals surface area (Å²) in [7, 11) is 0. The maximum absolute atomic E-state index is 6.46. The van der Waals surface area contributed by atoms with Gasteiger partial charge >= 0.3 is 0 Å². The molecule has 4 heteroatoms. The fourth-order valence-electron chi connectivity index (χ4n) is 3.01. The number of rotatable bonds is 3. The third-order valence-corrected chi connectivity index (χ3v) is 6.65. The molecule has 2 fully saturated rings. The van der Waals surface area contributed by atoms with Gasteiger partial charge in [0.2, 0.25) is 0 Å². The summed E-state index contributed by atoms with van der Waals surface area (Å²) >= 11 is 4.07. The lowest BCUT2D eigenvalue weighted by atomic mass is 9.79. The third kappa shape index (κ3) is 4.83. The zero-order valence-electron chi connectivity index (χ0n) is 12.6. The van der Waals surface area contributed by atoms with Crippen LogP contribution in [0.2, 0.25) is 0 Å². The lowest BCUT2D eigenvalue weighted by Gasteiger charge is -2.45. The van der Waals surface area contributed by atoms with Gasteiger partial charge in [-0.15, -0.1) is 0 Å². The molecule has 0 radical (unpaired) electrons. The van der Waals surface area contributed by atoms with Crippen LogP contribution in [0.5, 0.6) is 0 Å². The van der Waals surface area contributed by atoms with Crippen LogP contribution in [-0.2, 0) is 4.74 Å². The molecule has 2 aliphatic rings. The summed E-state index contributed by atoms with van der Waals surface area (Å²) in [5.74, 6) is 4.27. The van der Waals surface area contributed by atoms with Crippen molar-refractivity contribution >= 4 is 23.5 Å². The fraction of sp³-hybridized carbons (Fsp3) is 1.00. The standard InChI is InChI=1S/C15H29NOS2/c1-14(2,3)19-11-13(16)12-4-7-17-15(10-12)5-8-18-9-6-15/h12-13H,4-11,16H2,1-3H3. The molecule has 0 aromatic carbocycles. The van der Waals surface area contributed by atoms with E-state index in [1.165, 1.54) is 30.8 Å². The Hall–Kier alpha value is 0.620. The normalized spacial score (nSPS) is 29.4. The van der Waals surface area contributed by atoms with Crippen LogP contribution in [-0.4, -0.2) is 40.3 Å². The minimum atomic E-state index is 0.179. The van der Waals surface area contributed by atoms with Gasteiger partial charge in [-0.2, -0.15) is 23.5 Å². The van der Waals surface area contributed by atoms with Crippen molar-refractivity contribution in [1.29, 1.82) is 0 Å². The quantitative estimate of drug-likeness (QED) is 0.865. The van der Waals surface area contributed by atoms with Crippen LogP contribution in [0.1, 0.15) is 46.5 Å².